The second-order valence-corrected chi connectivity index (χ2v) is 10.0. The molecule has 196 valence electrons. The third-order valence-electron chi connectivity index (χ3n) is 7.63. The van der Waals surface area contributed by atoms with Crippen LogP contribution in [0.3, 0.4) is 0 Å². The van der Waals surface area contributed by atoms with Gasteiger partial charge in [0.25, 0.3) is 0 Å². The lowest BCUT2D eigenvalue weighted by Crippen LogP contribution is -2.10. The van der Waals surface area contributed by atoms with Gasteiger partial charge in [-0.1, -0.05) is 97.1 Å². The Hall–Kier alpha value is -5.41. The van der Waals surface area contributed by atoms with E-state index < -0.39 is 0 Å². The molecule has 6 aromatic carbocycles. The van der Waals surface area contributed by atoms with Crippen molar-refractivity contribution in [3.63, 3.8) is 0 Å². The number of para-hydroxylation sites is 1. The zero-order valence-corrected chi connectivity index (χ0v) is 22.7. The summed E-state index contributed by atoms with van der Waals surface area (Å²) in [5.41, 5.74) is 8.92. The Morgan fingerprint density at radius 1 is 0.512 bits per heavy atom. The number of hydrogen-bond donors (Lipinski definition) is 0. The van der Waals surface area contributed by atoms with Gasteiger partial charge in [0.1, 0.15) is 11.3 Å². The molecule has 0 aliphatic carbocycles. The van der Waals surface area contributed by atoms with Gasteiger partial charge in [0.15, 0.2) is 0 Å². The number of fused-ring (bicyclic) bond motifs is 2. The predicted molar refractivity (Wildman–Crippen MR) is 171 cm³/mol. The molecule has 7 aromatic rings. The Morgan fingerprint density at radius 3 is 1.93 bits per heavy atom. The molecule has 0 N–H and O–H groups in total. The average Bonchev–Trinajstić information content (AvgIpc) is 3.05. The lowest BCUT2D eigenvalue weighted by atomic mass is 9.97. The van der Waals surface area contributed by atoms with E-state index in [1.807, 2.05) is 12.1 Å². The lowest BCUT2D eigenvalue weighted by Gasteiger charge is -2.27. The number of methoxy groups -OCH3 is 1. The Morgan fingerprint density at radius 2 is 1.15 bits per heavy atom. The van der Waals surface area contributed by atoms with Crippen molar-refractivity contribution in [1.82, 2.24) is 4.98 Å². The number of rotatable bonds is 6. The SMILES string of the molecule is COc1ccc(-c2ccc(-c3ccc(N(c4ccccc4)c4cccc5ccccc45)cc3)cc2)c2cccnc12. The fraction of sp³-hybridized carbons (Fsp3) is 0.0263. The van der Waals surface area contributed by atoms with Crippen molar-refractivity contribution < 1.29 is 4.74 Å². The molecule has 1 heterocycles. The summed E-state index contributed by atoms with van der Waals surface area (Å²) >= 11 is 0. The number of hydrogen-bond acceptors (Lipinski definition) is 3. The van der Waals surface area contributed by atoms with Crippen molar-refractivity contribution >= 4 is 38.7 Å². The molecule has 41 heavy (non-hydrogen) atoms. The van der Waals surface area contributed by atoms with Crippen molar-refractivity contribution in [2.45, 2.75) is 0 Å². The second-order valence-electron chi connectivity index (χ2n) is 10.0. The molecule has 0 saturated carbocycles. The maximum atomic E-state index is 5.53. The zero-order valence-electron chi connectivity index (χ0n) is 22.7. The van der Waals surface area contributed by atoms with E-state index in [9.17, 15) is 0 Å². The van der Waals surface area contributed by atoms with Crippen LogP contribution in [0.25, 0.3) is 43.9 Å². The van der Waals surface area contributed by atoms with E-state index in [4.69, 9.17) is 4.74 Å². The minimum absolute atomic E-state index is 0.786. The molecule has 0 atom stereocenters. The molecule has 7 rings (SSSR count). The zero-order chi connectivity index (χ0) is 27.6. The minimum atomic E-state index is 0.786. The highest BCUT2D eigenvalue weighted by Gasteiger charge is 2.15. The molecule has 0 aliphatic rings. The van der Waals surface area contributed by atoms with Gasteiger partial charge < -0.3 is 9.64 Å². The van der Waals surface area contributed by atoms with Gasteiger partial charge in [-0.15, -0.1) is 0 Å². The highest BCUT2D eigenvalue weighted by atomic mass is 16.5. The second kappa shape index (κ2) is 10.6. The lowest BCUT2D eigenvalue weighted by molar-refractivity contribution is 0.419. The summed E-state index contributed by atoms with van der Waals surface area (Å²) in [6.07, 6.45) is 1.81. The Kier molecular flexibility index (Phi) is 6.38. The highest BCUT2D eigenvalue weighted by molar-refractivity contribution is 5.99. The van der Waals surface area contributed by atoms with E-state index in [1.165, 1.54) is 21.9 Å². The first kappa shape index (κ1) is 24.6. The fourth-order valence-corrected chi connectivity index (χ4v) is 5.62. The van der Waals surface area contributed by atoms with Crippen molar-refractivity contribution in [3.8, 4) is 28.0 Å². The average molecular weight is 529 g/mol. The maximum Gasteiger partial charge on any atom is 0.145 e. The van der Waals surface area contributed by atoms with Crippen LogP contribution in [-0.2, 0) is 0 Å². The van der Waals surface area contributed by atoms with E-state index in [0.717, 1.165) is 44.8 Å². The molecule has 1 aromatic heterocycles. The number of anilines is 3. The normalized spacial score (nSPS) is 11.0. The van der Waals surface area contributed by atoms with Crippen LogP contribution < -0.4 is 9.64 Å². The third-order valence-corrected chi connectivity index (χ3v) is 7.63. The molecular formula is C38H28N2O. The van der Waals surface area contributed by atoms with Gasteiger partial charge in [0.05, 0.1) is 12.8 Å². The highest BCUT2D eigenvalue weighted by Crippen LogP contribution is 2.40. The van der Waals surface area contributed by atoms with Gasteiger partial charge in [-0.05, 0) is 76.2 Å². The molecule has 0 spiro atoms. The molecule has 0 fully saturated rings. The molecule has 3 heteroatoms. The first-order valence-corrected chi connectivity index (χ1v) is 13.8. The van der Waals surface area contributed by atoms with Gasteiger partial charge in [0, 0.05) is 28.3 Å². The molecule has 3 nitrogen and oxygen atoms in total. The summed E-state index contributed by atoms with van der Waals surface area (Å²) in [5, 5.41) is 3.53. The van der Waals surface area contributed by atoms with Crippen molar-refractivity contribution in [3.05, 3.63) is 152 Å². The molecular weight excluding hydrogens is 500 g/mol. The van der Waals surface area contributed by atoms with Crippen LogP contribution in [-0.4, -0.2) is 12.1 Å². The van der Waals surface area contributed by atoms with Gasteiger partial charge >= 0.3 is 0 Å². The van der Waals surface area contributed by atoms with Crippen molar-refractivity contribution in [1.29, 1.82) is 0 Å². The predicted octanol–water partition coefficient (Wildman–Crippen LogP) is 10.2. The number of ether oxygens (including phenoxy) is 1. The van der Waals surface area contributed by atoms with Crippen LogP contribution in [0.4, 0.5) is 17.1 Å². The van der Waals surface area contributed by atoms with E-state index in [0.29, 0.717) is 0 Å². The first-order valence-electron chi connectivity index (χ1n) is 13.8. The monoisotopic (exact) mass is 528 g/mol. The number of benzene rings is 6. The van der Waals surface area contributed by atoms with Crippen LogP contribution in [0, 0.1) is 0 Å². The van der Waals surface area contributed by atoms with E-state index in [1.54, 1.807) is 13.3 Å². The number of pyridine rings is 1. The van der Waals surface area contributed by atoms with E-state index in [2.05, 4.69) is 143 Å². The largest absolute Gasteiger partial charge is 0.494 e. The molecule has 0 aliphatic heterocycles. The first-order chi connectivity index (χ1) is 20.3. The molecule has 0 saturated heterocycles. The summed E-state index contributed by atoms with van der Waals surface area (Å²) in [5.74, 6) is 0.786. The van der Waals surface area contributed by atoms with Gasteiger partial charge in [-0.2, -0.15) is 0 Å². The molecule has 0 bridgehead atoms. The number of nitrogens with zero attached hydrogens (tertiary/aromatic N) is 2. The van der Waals surface area contributed by atoms with Crippen LogP contribution in [0.5, 0.6) is 5.75 Å². The van der Waals surface area contributed by atoms with Gasteiger partial charge in [0.2, 0.25) is 0 Å². The third kappa shape index (κ3) is 4.58. The van der Waals surface area contributed by atoms with Crippen molar-refractivity contribution in [2.75, 3.05) is 12.0 Å². The van der Waals surface area contributed by atoms with Gasteiger partial charge in [-0.3, -0.25) is 4.98 Å². The maximum absolute atomic E-state index is 5.53. The summed E-state index contributed by atoms with van der Waals surface area (Å²) in [4.78, 5) is 6.89. The molecule has 0 amide bonds. The smallest absolute Gasteiger partial charge is 0.145 e. The van der Waals surface area contributed by atoms with Crippen LogP contribution in [0.15, 0.2) is 152 Å². The fourth-order valence-electron chi connectivity index (χ4n) is 5.62. The van der Waals surface area contributed by atoms with Crippen LogP contribution >= 0.6 is 0 Å². The number of aromatic nitrogens is 1. The van der Waals surface area contributed by atoms with E-state index >= 15 is 0 Å². The van der Waals surface area contributed by atoms with E-state index in [-0.39, 0.29) is 0 Å². The summed E-state index contributed by atoms with van der Waals surface area (Å²) in [7, 11) is 1.68. The van der Waals surface area contributed by atoms with Crippen LogP contribution in [0.2, 0.25) is 0 Å². The quantitative estimate of drug-likeness (QED) is 0.215. The Bertz CT molecular complexity index is 1960. The Balaban J connectivity index is 1.24. The summed E-state index contributed by atoms with van der Waals surface area (Å²) in [6, 6.07) is 51.4. The summed E-state index contributed by atoms with van der Waals surface area (Å²) in [6.45, 7) is 0. The standard InChI is InChI=1S/C38H28N2O/c1-41-37-25-24-33(35-14-8-26-39-38(35)37)30-18-16-27(17-19-30)28-20-22-32(23-21-28)40(31-11-3-2-4-12-31)36-15-7-10-29-9-5-6-13-34(29)36/h2-26H,1H3. The molecule has 0 unspecified atom stereocenters. The van der Waals surface area contributed by atoms with Gasteiger partial charge in [-0.25, -0.2) is 0 Å². The van der Waals surface area contributed by atoms with Crippen LogP contribution in [0.1, 0.15) is 0 Å². The minimum Gasteiger partial charge on any atom is -0.494 e. The topological polar surface area (TPSA) is 25.4 Å². The molecule has 0 radical (unpaired) electrons. The summed E-state index contributed by atoms with van der Waals surface area (Å²) < 4.78 is 5.53. The van der Waals surface area contributed by atoms with Crippen molar-refractivity contribution in [2.24, 2.45) is 0 Å². The Labute approximate surface area is 239 Å².